The third-order valence-electron chi connectivity index (χ3n) is 3.53. The molecule has 0 saturated heterocycles. The van der Waals surface area contributed by atoms with Gasteiger partial charge in [-0.25, -0.2) is 0 Å². The number of hydrogen-bond donors (Lipinski definition) is 1. The Morgan fingerprint density at radius 2 is 1.85 bits per heavy atom. The first-order chi connectivity index (χ1) is 9.74. The van der Waals surface area contributed by atoms with Crippen LogP contribution in [0.5, 0.6) is 11.5 Å². The van der Waals surface area contributed by atoms with Crippen molar-refractivity contribution < 1.29 is 9.47 Å². The van der Waals surface area contributed by atoms with Crippen LogP contribution in [0.3, 0.4) is 0 Å². The van der Waals surface area contributed by atoms with Gasteiger partial charge in [-0.3, -0.25) is 0 Å². The average Bonchev–Trinajstić information content (AvgIpc) is 2.50. The second-order valence-electron chi connectivity index (χ2n) is 4.73. The normalized spacial score (nSPS) is 10.8. The molecule has 0 saturated carbocycles. The largest absolute Gasteiger partial charge is 0.497 e. The van der Waals surface area contributed by atoms with E-state index in [1.54, 1.807) is 14.2 Å². The lowest BCUT2D eigenvalue weighted by Crippen LogP contribution is -2.27. The summed E-state index contributed by atoms with van der Waals surface area (Å²) in [6.07, 6.45) is 1.16. The minimum Gasteiger partial charge on any atom is -0.497 e. The van der Waals surface area contributed by atoms with E-state index in [1.807, 2.05) is 18.2 Å². The standard InChI is InChI=1S/C16H28N2O2/c1-5-18(6-2)11-7-10-17-13-14-12-15(19-3)8-9-16(14)20-4/h8-9,12,17H,5-7,10-11,13H2,1-4H3. The van der Waals surface area contributed by atoms with Crippen LogP contribution in [0.2, 0.25) is 0 Å². The van der Waals surface area contributed by atoms with Gasteiger partial charge >= 0.3 is 0 Å². The predicted octanol–water partition coefficient (Wildman–Crippen LogP) is 2.53. The quantitative estimate of drug-likeness (QED) is 0.668. The lowest BCUT2D eigenvalue weighted by Gasteiger charge is -2.18. The maximum absolute atomic E-state index is 5.37. The molecule has 1 rings (SSSR count). The fourth-order valence-electron chi connectivity index (χ4n) is 2.21. The van der Waals surface area contributed by atoms with Gasteiger partial charge in [0.2, 0.25) is 0 Å². The van der Waals surface area contributed by atoms with Gasteiger partial charge in [0.1, 0.15) is 11.5 Å². The van der Waals surface area contributed by atoms with Gasteiger partial charge in [-0.05, 0) is 50.8 Å². The molecule has 0 amide bonds. The molecule has 1 aromatic carbocycles. The van der Waals surface area contributed by atoms with E-state index in [-0.39, 0.29) is 0 Å². The summed E-state index contributed by atoms with van der Waals surface area (Å²) in [5.74, 6) is 1.77. The first kappa shape index (κ1) is 16.8. The van der Waals surface area contributed by atoms with Crippen molar-refractivity contribution in [3.05, 3.63) is 23.8 Å². The van der Waals surface area contributed by atoms with Crippen molar-refractivity contribution in [2.45, 2.75) is 26.8 Å². The van der Waals surface area contributed by atoms with Gasteiger partial charge < -0.3 is 19.7 Å². The molecule has 114 valence electrons. The molecule has 1 aromatic rings. The lowest BCUT2D eigenvalue weighted by molar-refractivity contribution is 0.298. The van der Waals surface area contributed by atoms with Gasteiger partial charge in [0, 0.05) is 12.1 Å². The highest BCUT2D eigenvalue weighted by atomic mass is 16.5. The van der Waals surface area contributed by atoms with Crippen LogP contribution in [0, 0.1) is 0 Å². The molecule has 20 heavy (non-hydrogen) atoms. The van der Waals surface area contributed by atoms with Crippen molar-refractivity contribution in [3.8, 4) is 11.5 Å². The summed E-state index contributed by atoms with van der Waals surface area (Å²) < 4.78 is 10.6. The fourth-order valence-corrected chi connectivity index (χ4v) is 2.21. The zero-order chi connectivity index (χ0) is 14.8. The average molecular weight is 280 g/mol. The second kappa shape index (κ2) is 9.61. The Morgan fingerprint density at radius 1 is 1.10 bits per heavy atom. The zero-order valence-corrected chi connectivity index (χ0v) is 13.2. The molecule has 0 bridgehead atoms. The summed E-state index contributed by atoms with van der Waals surface area (Å²) in [4.78, 5) is 2.44. The minimum atomic E-state index is 0.804. The molecule has 4 heteroatoms. The first-order valence-electron chi connectivity index (χ1n) is 7.39. The summed E-state index contributed by atoms with van der Waals surface area (Å²) in [5, 5.41) is 3.47. The molecule has 0 aliphatic carbocycles. The van der Waals surface area contributed by atoms with Crippen molar-refractivity contribution in [2.75, 3.05) is 40.4 Å². The van der Waals surface area contributed by atoms with Crippen LogP contribution in [-0.4, -0.2) is 45.3 Å². The third-order valence-corrected chi connectivity index (χ3v) is 3.53. The number of benzene rings is 1. The van der Waals surface area contributed by atoms with E-state index in [4.69, 9.17) is 9.47 Å². The summed E-state index contributed by atoms with van der Waals surface area (Å²) in [6.45, 7) is 9.63. The second-order valence-corrected chi connectivity index (χ2v) is 4.73. The molecular formula is C16H28N2O2. The van der Waals surface area contributed by atoms with Gasteiger partial charge in [-0.2, -0.15) is 0 Å². The predicted molar refractivity (Wildman–Crippen MR) is 83.7 cm³/mol. The van der Waals surface area contributed by atoms with Crippen LogP contribution in [0.1, 0.15) is 25.8 Å². The van der Waals surface area contributed by atoms with E-state index in [1.165, 1.54) is 0 Å². The summed E-state index contributed by atoms with van der Waals surface area (Å²) in [7, 11) is 3.38. The molecule has 0 radical (unpaired) electrons. The Balaban J connectivity index is 2.37. The molecule has 0 atom stereocenters. The molecule has 0 aromatic heterocycles. The smallest absolute Gasteiger partial charge is 0.123 e. The molecule has 1 N–H and O–H groups in total. The van der Waals surface area contributed by atoms with E-state index in [0.29, 0.717) is 0 Å². The van der Waals surface area contributed by atoms with Crippen molar-refractivity contribution in [1.82, 2.24) is 10.2 Å². The van der Waals surface area contributed by atoms with Crippen molar-refractivity contribution >= 4 is 0 Å². The SMILES string of the molecule is CCN(CC)CCCNCc1cc(OC)ccc1OC. The van der Waals surface area contributed by atoms with Gasteiger partial charge in [-0.15, -0.1) is 0 Å². The van der Waals surface area contributed by atoms with Crippen molar-refractivity contribution in [1.29, 1.82) is 0 Å². The van der Waals surface area contributed by atoms with Gasteiger partial charge in [-0.1, -0.05) is 13.8 Å². The van der Waals surface area contributed by atoms with E-state index < -0.39 is 0 Å². The topological polar surface area (TPSA) is 33.7 Å². The Hall–Kier alpha value is -1.26. The Kier molecular flexibility index (Phi) is 8.07. The van der Waals surface area contributed by atoms with Crippen LogP contribution in [0.15, 0.2) is 18.2 Å². The highest BCUT2D eigenvalue weighted by molar-refractivity contribution is 5.40. The number of rotatable bonds is 10. The summed E-state index contributed by atoms with van der Waals surface area (Å²) in [6, 6.07) is 5.89. The monoisotopic (exact) mass is 280 g/mol. The first-order valence-corrected chi connectivity index (χ1v) is 7.39. The Labute approximate surface area is 123 Å². The molecular weight excluding hydrogens is 252 g/mol. The molecule has 0 fully saturated rings. The van der Waals surface area contributed by atoms with Crippen LogP contribution in [0.4, 0.5) is 0 Å². The van der Waals surface area contributed by atoms with E-state index in [9.17, 15) is 0 Å². The molecule has 0 aliphatic heterocycles. The number of nitrogens with zero attached hydrogens (tertiary/aromatic N) is 1. The van der Waals surface area contributed by atoms with Crippen molar-refractivity contribution in [2.24, 2.45) is 0 Å². The summed E-state index contributed by atoms with van der Waals surface area (Å²) in [5.41, 5.74) is 1.13. The van der Waals surface area contributed by atoms with Crippen LogP contribution >= 0.6 is 0 Å². The lowest BCUT2D eigenvalue weighted by atomic mass is 10.2. The fraction of sp³-hybridized carbons (Fsp3) is 0.625. The number of ether oxygens (including phenoxy) is 2. The number of hydrogen-bond acceptors (Lipinski definition) is 4. The highest BCUT2D eigenvalue weighted by Crippen LogP contribution is 2.23. The van der Waals surface area contributed by atoms with Crippen LogP contribution in [0.25, 0.3) is 0 Å². The number of methoxy groups -OCH3 is 2. The van der Waals surface area contributed by atoms with Gasteiger partial charge in [0.15, 0.2) is 0 Å². The minimum absolute atomic E-state index is 0.804. The number of nitrogens with one attached hydrogen (secondary N) is 1. The van der Waals surface area contributed by atoms with Gasteiger partial charge in [0.25, 0.3) is 0 Å². The van der Waals surface area contributed by atoms with Crippen LogP contribution < -0.4 is 14.8 Å². The van der Waals surface area contributed by atoms with E-state index in [0.717, 1.165) is 56.2 Å². The van der Waals surface area contributed by atoms with Gasteiger partial charge in [0.05, 0.1) is 14.2 Å². The van der Waals surface area contributed by atoms with Crippen molar-refractivity contribution in [3.63, 3.8) is 0 Å². The van der Waals surface area contributed by atoms with E-state index >= 15 is 0 Å². The molecule has 0 unspecified atom stereocenters. The maximum atomic E-state index is 5.37. The van der Waals surface area contributed by atoms with Crippen LogP contribution in [-0.2, 0) is 6.54 Å². The highest BCUT2D eigenvalue weighted by Gasteiger charge is 2.04. The van der Waals surface area contributed by atoms with E-state index in [2.05, 4.69) is 24.1 Å². The summed E-state index contributed by atoms with van der Waals surface area (Å²) >= 11 is 0. The molecule has 0 spiro atoms. The molecule has 0 aliphatic rings. The maximum Gasteiger partial charge on any atom is 0.123 e. The molecule has 4 nitrogen and oxygen atoms in total. The Morgan fingerprint density at radius 3 is 2.45 bits per heavy atom. The third kappa shape index (κ3) is 5.39. The Bertz CT molecular complexity index is 379. The molecule has 0 heterocycles. The zero-order valence-electron chi connectivity index (χ0n) is 13.2.